The van der Waals surface area contributed by atoms with Crippen LogP contribution in [0, 0.1) is 0 Å². The summed E-state index contributed by atoms with van der Waals surface area (Å²) < 4.78 is 6.01. The van der Waals surface area contributed by atoms with Crippen LogP contribution in [0.15, 0.2) is 46.9 Å². The zero-order chi connectivity index (χ0) is 15.2. The van der Waals surface area contributed by atoms with Crippen LogP contribution in [-0.4, -0.2) is 19.6 Å². The average Bonchev–Trinajstić information content (AvgIpc) is 2.50. The first-order valence-electron chi connectivity index (χ1n) is 6.57. The molecule has 0 aliphatic heterocycles. The number of benzene rings is 2. The number of hydrogen-bond donors (Lipinski definition) is 2. The Kier molecular flexibility index (Phi) is 5.22. The first-order valence-corrected chi connectivity index (χ1v) is 7.36. The van der Waals surface area contributed by atoms with Crippen molar-refractivity contribution in [2.45, 2.75) is 6.42 Å². The number of carbonyl (C=O) groups excluding carboxylic acids is 1. The summed E-state index contributed by atoms with van der Waals surface area (Å²) in [6.45, 7) is 0.528. The molecule has 0 aliphatic rings. The van der Waals surface area contributed by atoms with Gasteiger partial charge in [0.25, 0.3) is 5.91 Å². The molecule has 0 heterocycles. The topological polar surface area (TPSA) is 64.3 Å². The van der Waals surface area contributed by atoms with Crippen molar-refractivity contribution in [3.63, 3.8) is 0 Å². The van der Waals surface area contributed by atoms with E-state index in [1.54, 1.807) is 25.3 Å². The van der Waals surface area contributed by atoms with Crippen LogP contribution in [0.25, 0.3) is 0 Å². The molecular weight excluding hydrogens is 332 g/mol. The van der Waals surface area contributed by atoms with E-state index in [1.165, 1.54) is 0 Å². The van der Waals surface area contributed by atoms with Crippen molar-refractivity contribution in [3.8, 4) is 5.75 Å². The fourth-order valence-electron chi connectivity index (χ4n) is 2.03. The molecule has 110 valence electrons. The van der Waals surface area contributed by atoms with Crippen LogP contribution in [0.4, 0.5) is 5.69 Å². The van der Waals surface area contributed by atoms with E-state index in [1.807, 2.05) is 24.3 Å². The Balaban J connectivity index is 1.97. The smallest absolute Gasteiger partial charge is 0.252 e. The summed E-state index contributed by atoms with van der Waals surface area (Å²) in [5.41, 5.74) is 7.87. The number of methoxy groups -OCH3 is 1. The number of carbonyl (C=O) groups is 1. The van der Waals surface area contributed by atoms with E-state index in [9.17, 15) is 4.79 Å². The monoisotopic (exact) mass is 348 g/mol. The van der Waals surface area contributed by atoms with E-state index in [4.69, 9.17) is 10.5 Å². The van der Waals surface area contributed by atoms with Crippen molar-refractivity contribution in [2.24, 2.45) is 0 Å². The molecule has 4 nitrogen and oxygen atoms in total. The maximum absolute atomic E-state index is 12.1. The minimum absolute atomic E-state index is 0.149. The Labute approximate surface area is 132 Å². The summed E-state index contributed by atoms with van der Waals surface area (Å²) in [5.74, 6) is 0.681. The van der Waals surface area contributed by atoms with Crippen molar-refractivity contribution in [1.82, 2.24) is 5.32 Å². The minimum atomic E-state index is -0.149. The summed E-state index contributed by atoms with van der Waals surface area (Å²) >= 11 is 3.35. The minimum Gasteiger partial charge on any atom is -0.496 e. The summed E-state index contributed by atoms with van der Waals surface area (Å²) in [6, 6.07) is 12.9. The Morgan fingerprint density at radius 3 is 2.81 bits per heavy atom. The highest BCUT2D eigenvalue weighted by Crippen LogP contribution is 2.20. The molecule has 0 saturated carbocycles. The summed E-state index contributed by atoms with van der Waals surface area (Å²) in [4.78, 5) is 12.1. The SMILES string of the molecule is COc1ccccc1CCNC(=O)c1cc(N)ccc1Br. The Hall–Kier alpha value is -2.01. The molecule has 5 heteroatoms. The number of para-hydroxylation sites is 1. The standard InChI is InChI=1S/C16H17BrN2O2/c1-21-15-5-3-2-4-11(15)8-9-19-16(20)13-10-12(18)6-7-14(13)17/h2-7,10H,8-9,18H2,1H3,(H,19,20). The van der Waals surface area contributed by atoms with Gasteiger partial charge in [-0.25, -0.2) is 0 Å². The number of hydrogen-bond acceptors (Lipinski definition) is 3. The molecule has 21 heavy (non-hydrogen) atoms. The van der Waals surface area contributed by atoms with Crippen LogP contribution in [0.5, 0.6) is 5.75 Å². The van der Waals surface area contributed by atoms with Gasteiger partial charge < -0.3 is 15.8 Å². The molecule has 0 atom stereocenters. The van der Waals surface area contributed by atoms with Gasteiger partial charge in [0.05, 0.1) is 12.7 Å². The number of nitrogen functional groups attached to an aromatic ring is 1. The quantitative estimate of drug-likeness (QED) is 0.816. The third-order valence-corrected chi connectivity index (χ3v) is 3.80. The predicted molar refractivity (Wildman–Crippen MR) is 87.6 cm³/mol. The maximum Gasteiger partial charge on any atom is 0.252 e. The summed E-state index contributed by atoms with van der Waals surface area (Å²) in [6.07, 6.45) is 0.704. The largest absolute Gasteiger partial charge is 0.496 e. The predicted octanol–water partition coefficient (Wildman–Crippen LogP) is 3.01. The molecule has 0 saturated heterocycles. The van der Waals surface area contributed by atoms with Gasteiger partial charge in [0.2, 0.25) is 0 Å². The van der Waals surface area contributed by atoms with E-state index < -0.39 is 0 Å². The first-order chi connectivity index (χ1) is 10.1. The van der Waals surface area contributed by atoms with Gasteiger partial charge in [0.15, 0.2) is 0 Å². The number of rotatable bonds is 5. The molecule has 0 fully saturated rings. The lowest BCUT2D eigenvalue weighted by atomic mass is 10.1. The van der Waals surface area contributed by atoms with E-state index in [-0.39, 0.29) is 5.91 Å². The van der Waals surface area contributed by atoms with Crippen LogP contribution in [0.1, 0.15) is 15.9 Å². The molecule has 0 aromatic heterocycles. The second kappa shape index (κ2) is 7.13. The maximum atomic E-state index is 12.1. The fraction of sp³-hybridized carbons (Fsp3) is 0.188. The lowest BCUT2D eigenvalue weighted by molar-refractivity contribution is 0.0953. The van der Waals surface area contributed by atoms with Gasteiger partial charge in [0.1, 0.15) is 5.75 Å². The van der Waals surface area contributed by atoms with E-state index in [2.05, 4.69) is 21.2 Å². The normalized spacial score (nSPS) is 10.2. The number of ether oxygens (including phenoxy) is 1. The van der Waals surface area contributed by atoms with Crippen molar-refractivity contribution >= 4 is 27.5 Å². The van der Waals surface area contributed by atoms with Gasteiger partial charge in [-0.15, -0.1) is 0 Å². The van der Waals surface area contributed by atoms with Gasteiger partial charge in [0, 0.05) is 16.7 Å². The zero-order valence-corrected chi connectivity index (χ0v) is 13.3. The molecule has 2 rings (SSSR count). The average molecular weight is 349 g/mol. The lowest BCUT2D eigenvalue weighted by Gasteiger charge is -2.10. The highest BCUT2D eigenvalue weighted by Gasteiger charge is 2.10. The van der Waals surface area contributed by atoms with Crippen LogP contribution >= 0.6 is 15.9 Å². The molecule has 0 unspecified atom stereocenters. The second-order valence-corrected chi connectivity index (χ2v) is 5.41. The van der Waals surface area contributed by atoms with Crippen LogP contribution < -0.4 is 15.8 Å². The Morgan fingerprint density at radius 1 is 1.29 bits per heavy atom. The molecule has 0 bridgehead atoms. The Bertz CT molecular complexity index is 644. The van der Waals surface area contributed by atoms with Crippen molar-refractivity contribution in [1.29, 1.82) is 0 Å². The Morgan fingerprint density at radius 2 is 2.05 bits per heavy atom. The number of amides is 1. The first kappa shape index (κ1) is 15.4. The summed E-state index contributed by atoms with van der Waals surface area (Å²) in [5, 5.41) is 2.89. The number of nitrogens with one attached hydrogen (secondary N) is 1. The number of nitrogens with two attached hydrogens (primary N) is 1. The van der Waals surface area contributed by atoms with Crippen molar-refractivity contribution in [3.05, 3.63) is 58.1 Å². The van der Waals surface area contributed by atoms with Gasteiger partial charge >= 0.3 is 0 Å². The molecule has 0 aliphatic carbocycles. The fourth-order valence-corrected chi connectivity index (χ4v) is 2.46. The third-order valence-electron chi connectivity index (χ3n) is 3.11. The second-order valence-electron chi connectivity index (χ2n) is 4.56. The molecular formula is C16H17BrN2O2. The van der Waals surface area contributed by atoms with E-state index in [0.717, 1.165) is 15.8 Å². The van der Waals surface area contributed by atoms with Crippen LogP contribution in [0.3, 0.4) is 0 Å². The van der Waals surface area contributed by atoms with Gasteiger partial charge in [-0.2, -0.15) is 0 Å². The van der Waals surface area contributed by atoms with Gasteiger partial charge in [-0.3, -0.25) is 4.79 Å². The van der Waals surface area contributed by atoms with E-state index in [0.29, 0.717) is 24.2 Å². The van der Waals surface area contributed by atoms with Gasteiger partial charge in [-0.1, -0.05) is 18.2 Å². The van der Waals surface area contributed by atoms with Crippen molar-refractivity contribution in [2.75, 3.05) is 19.4 Å². The number of anilines is 1. The van der Waals surface area contributed by atoms with Crippen molar-refractivity contribution < 1.29 is 9.53 Å². The molecule has 0 spiro atoms. The third kappa shape index (κ3) is 3.98. The highest BCUT2D eigenvalue weighted by molar-refractivity contribution is 9.10. The van der Waals surface area contributed by atoms with Gasteiger partial charge in [-0.05, 0) is 52.2 Å². The highest BCUT2D eigenvalue weighted by atomic mass is 79.9. The molecule has 3 N–H and O–H groups in total. The molecule has 1 amide bonds. The molecule has 2 aromatic rings. The molecule has 2 aromatic carbocycles. The van der Waals surface area contributed by atoms with E-state index >= 15 is 0 Å². The summed E-state index contributed by atoms with van der Waals surface area (Å²) in [7, 11) is 1.64. The number of halogens is 1. The van der Waals surface area contributed by atoms with Crippen LogP contribution in [0.2, 0.25) is 0 Å². The molecule has 0 radical (unpaired) electrons. The zero-order valence-electron chi connectivity index (χ0n) is 11.7. The van der Waals surface area contributed by atoms with Crippen LogP contribution in [-0.2, 0) is 6.42 Å². The lowest BCUT2D eigenvalue weighted by Crippen LogP contribution is -2.26.